The summed E-state index contributed by atoms with van der Waals surface area (Å²) in [6, 6.07) is 12.9. The number of para-hydroxylation sites is 1. The third-order valence-electron chi connectivity index (χ3n) is 6.47. The Bertz CT molecular complexity index is 1290. The number of nitrogens with zero attached hydrogens (tertiary/aromatic N) is 2. The number of fused-ring (bicyclic) bond motifs is 2. The van der Waals surface area contributed by atoms with Gasteiger partial charge in [0.2, 0.25) is 12.7 Å². The molecular formula is C28H29FN2O5S. The largest absolute Gasteiger partial charge is 0.488 e. The molecule has 0 N–H and O–H groups in total. The maximum Gasteiger partial charge on any atom is 0.254 e. The van der Waals surface area contributed by atoms with Crippen molar-refractivity contribution in [1.29, 1.82) is 0 Å². The Hall–Kier alpha value is -3.59. The van der Waals surface area contributed by atoms with Crippen molar-refractivity contribution in [2.24, 2.45) is 5.92 Å². The van der Waals surface area contributed by atoms with E-state index in [-0.39, 0.29) is 49.5 Å². The lowest BCUT2D eigenvalue weighted by molar-refractivity contribution is -0.135. The summed E-state index contributed by atoms with van der Waals surface area (Å²) in [6.45, 7) is 5.12. The van der Waals surface area contributed by atoms with Gasteiger partial charge in [-0.15, -0.1) is 11.3 Å². The highest BCUT2D eigenvalue weighted by atomic mass is 32.1. The van der Waals surface area contributed by atoms with Gasteiger partial charge in [0.1, 0.15) is 13.2 Å². The van der Waals surface area contributed by atoms with Crippen molar-refractivity contribution >= 4 is 23.2 Å². The third-order valence-corrected chi connectivity index (χ3v) is 7.46. The molecule has 0 bridgehead atoms. The molecule has 7 nitrogen and oxygen atoms in total. The monoisotopic (exact) mass is 524 g/mol. The van der Waals surface area contributed by atoms with E-state index in [2.05, 4.69) is 0 Å². The van der Waals surface area contributed by atoms with Gasteiger partial charge in [-0.3, -0.25) is 9.59 Å². The molecule has 0 fully saturated rings. The smallest absolute Gasteiger partial charge is 0.254 e. The molecule has 0 aliphatic carbocycles. The summed E-state index contributed by atoms with van der Waals surface area (Å²) in [5.74, 6) is 0.571. The van der Waals surface area contributed by atoms with Crippen LogP contribution in [0, 0.1) is 11.7 Å². The lowest BCUT2D eigenvalue weighted by Gasteiger charge is -2.37. The second-order valence-corrected chi connectivity index (χ2v) is 10.5. The Morgan fingerprint density at radius 2 is 1.97 bits per heavy atom. The number of benzene rings is 2. The Morgan fingerprint density at radius 3 is 2.78 bits per heavy atom. The number of halogens is 1. The van der Waals surface area contributed by atoms with Gasteiger partial charge in [-0.2, -0.15) is 0 Å². The zero-order chi connectivity index (χ0) is 25.9. The molecule has 0 unspecified atom stereocenters. The Morgan fingerprint density at radius 1 is 1.16 bits per heavy atom. The molecular weight excluding hydrogens is 495 g/mol. The van der Waals surface area contributed by atoms with Crippen LogP contribution in [0.4, 0.5) is 4.39 Å². The third kappa shape index (κ3) is 5.41. The van der Waals surface area contributed by atoms with Crippen LogP contribution in [0.15, 0.2) is 53.9 Å². The van der Waals surface area contributed by atoms with Gasteiger partial charge in [-0.05, 0) is 59.7 Å². The van der Waals surface area contributed by atoms with Gasteiger partial charge >= 0.3 is 0 Å². The van der Waals surface area contributed by atoms with Crippen molar-refractivity contribution in [2.45, 2.75) is 26.3 Å². The van der Waals surface area contributed by atoms with Gasteiger partial charge in [0, 0.05) is 23.5 Å². The van der Waals surface area contributed by atoms with Gasteiger partial charge in [0.15, 0.2) is 23.1 Å². The first-order valence-corrected chi connectivity index (χ1v) is 13.2. The fraction of sp³-hybridized carbons (Fsp3) is 0.357. The molecule has 1 aromatic heterocycles. The van der Waals surface area contributed by atoms with E-state index in [0.717, 1.165) is 12.0 Å². The molecule has 1 atom stereocenters. The Balaban J connectivity index is 1.35. The highest BCUT2D eigenvalue weighted by Crippen LogP contribution is 2.35. The van der Waals surface area contributed by atoms with E-state index < -0.39 is 5.82 Å². The topological polar surface area (TPSA) is 68.3 Å². The molecule has 2 aliphatic rings. The molecule has 3 heterocycles. The van der Waals surface area contributed by atoms with E-state index >= 15 is 0 Å². The van der Waals surface area contributed by atoms with Crippen LogP contribution < -0.4 is 14.2 Å². The maximum absolute atomic E-state index is 14.2. The second kappa shape index (κ2) is 10.8. The van der Waals surface area contributed by atoms with E-state index in [1.165, 1.54) is 10.9 Å². The average molecular weight is 525 g/mol. The summed E-state index contributed by atoms with van der Waals surface area (Å²) in [7, 11) is 0. The van der Waals surface area contributed by atoms with Crippen LogP contribution >= 0.6 is 11.3 Å². The molecule has 194 valence electrons. The van der Waals surface area contributed by atoms with Crippen LogP contribution in [0.5, 0.6) is 17.2 Å². The van der Waals surface area contributed by atoms with E-state index in [9.17, 15) is 14.0 Å². The predicted molar refractivity (Wildman–Crippen MR) is 138 cm³/mol. The molecule has 0 radical (unpaired) electrons. The Labute approximate surface area is 219 Å². The van der Waals surface area contributed by atoms with Gasteiger partial charge in [-0.25, -0.2) is 4.39 Å². The van der Waals surface area contributed by atoms with Crippen LogP contribution in [0.1, 0.15) is 40.7 Å². The van der Waals surface area contributed by atoms with Crippen molar-refractivity contribution in [3.8, 4) is 17.2 Å². The lowest BCUT2D eigenvalue weighted by Crippen LogP contribution is -2.48. The number of rotatable bonds is 8. The van der Waals surface area contributed by atoms with E-state index in [0.29, 0.717) is 30.2 Å². The molecule has 2 amide bonds. The van der Waals surface area contributed by atoms with E-state index in [1.54, 1.807) is 57.5 Å². The molecule has 0 spiro atoms. The molecule has 2 aromatic carbocycles. The summed E-state index contributed by atoms with van der Waals surface area (Å²) in [6.07, 6.45) is 0.731. The highest BCUT2D eigenvalue weighted by molar-refractivity contribution is 7.10. The van der Waals surface area contributed by atoms with Crippen molar-refractivity contribution in [3.05, 3.63) is 75.7 Å². The molecule has 5 rings (SSSR count). The summed E-state index contributed by atoms with van der Waals surface area (Å²) in [5, 5.41) is 2.00. The number of amides is 2. The van der Waals surface area contributed by atoms with Gasteiger partial charge < -0.3 is 24.0 Å². The van der Waals surface area contributed by atoms with Crippen LogP contribution in [-0.4, -0.2) is 54.6 Å². The van der Waals surface area contributed by atoms with Crippen molar-refractivity contribution < 1.29 is 28.2 Å². The second-order valence-electron chi connectivity index (χ2n) is 9.54. The molecule has 9 heteroatoms. The zero-order valence-electron chi connectivity index (χ0n) is 20.8. The summed E-state index contributed by atoms with van der Waals surface area (Å²) >= 11 is 1.65. The fourth-order valence-electron chi connectivity index (χ4n) is 4.73. The first kappa shape index (κ1) is 25.1. The summed E-state index contributed by atoms with van der Waals surface area (Å²) in [4.78, 5) is 31.7. The van der Waals surface area contributed by atoms with Crippen LogP contribution in [-0.2, 0) is 11.2 Å². The highest BCUT2D eigenvalue weighted by Gasteiger charge is 2.34. The SMILES string of the molecule is CC(C)CN(CC(=O)N1CCc2sccc2[C@@H]1COc1ccccc1F)C(=O)c1ccc2c(c1)OCO2. The number of hydrogen-bond acceptors (Lipinski definition) is 6. The molecule has 0 saturated carbocycles. The minimum Gasteiger partial charge on any atom is -0.488 e. The normalized spacial score (nSPS) is 16.0. The Kier molecular flexibility index (Phi) is 7.32. The van der Waals surface area contributed by atoms with Gasteiger partial charge in [-0.1, -0.05) is 26.0 Å². The first-order chi connectivity index (χ1) is 17.9. The van der Waals surface area contributed by atoms with Crippen LogP contribution in [0.2, 0.25) is 0 Å². The molecule has 2 aliphatic heterocycles. The summed E-state index contributed by atoms with van der Waals surface area (Å²) < 4.78 is 30.8. The van der Waals surface area contributed by atoms with E-state index in [4.69, 9.17) is 14.2 Å². The minimum absolute atomic E-state index is 0.0683. The summed E-state index contributed by atoms with van der Waals surface area (Å²) in [5.41, 5.74) is 1.45. The lowest BCUT2D eigenvalue weighted by atomic mass is 10.00. The van der Waals surface area contributed by atoms with Crippen molar-refractivity contribution in [3.63, 3.8) is 0 Å². The minimum atomic E-state index is -0.445. The van der Waals surface area contributed by atoms with Crippen LogP contribution in [0.25, 0.3) is 0 Å². The van der Waals surface area contributed by atoms with Crippen molar-refractivity contribution in [2.75, 3.05) is 33.0 Å². The zero-order valence-corrected chi connectivity index (χ0v) is 21.6. The number of carbonyl (C=O) groups excluding carboxylic acids is 2. The number of ether oxygens (including phenoxy) is 3. The van der Waals surface area contributed by atoms with Gasteiger partial charge in [0.25, 0.3) is 5.91 Å². The standard InChI is InChI=1S/C28H29FN2O5S/c1-18(2)14-30(28(33)19-7-8-24-25(13-19)36-17-35-24)15-27(32)31-11-9-26-20(10-12-37-26)22(31)16-34-23-6-4-3-5-21(23)29/h3-8,10,12-13,18,22H,9,11,14-17H2,1-2H3/t22-/m0/s1. The fourth-order valence-corrected chi connectivity index (χ4v) is 5.66. The first-order valence-electron chi connectivity index (χ1n) is 12.3. The maximum atomic E-state index is 14.2. The van der Waals surface area contributed by atoms with Gasteiger partial charge in [0.05, 0.1) is 6.04 Å². The number of carbonyl (C=O) groups is 2. The quantitative estimate of drug-likeness (QED) is 0.419. The molecule has 0 saturated heterocycles. The van der Waals surface area contributed by atoms with Crippen LogP contribution in [0.3, 0.4) is 0 Å². The molecule has 3 aromatic rings. The number of thiophene rings is 1. The van der Waals surface area contributed by atoms with E-state index in [1.807, 2.05) is 25.3 Å². The molecule has 37 heavy (non-hydrogen) atoms. The average Bonchev–Trinajstić information content (AvgIpc) is 3.56. The van der Waals surface area contributed by atoms with Crippen molar-refractivity contribution in [1.82, 2.24) is 9.80 Å². The predicted octanol–water partition coefficient (Wildman–Crippen LogP) is 4.92. The number of hydrogen-bond donors (Lipinski definition) is 0.